The second-order valence-electron chi connectivity index (χ2n) is 18.2. The van der Waals surface area contributed by atoms with Crippen LogP contribution in [0.25, 0.3) is 22.3 Å². The number of halogens is 2. The Bertz CT molecular complexity index is 3160. The van der Waals surface area contributed by atoms with Crippen molar-refractivity contribution in [1.82, 2.24) is 8.61 Å². The van der Waals surface area contributed by atoms with Crippen LogP contribution < -0.4 is 0 Å². The van der Waals surface area contributed by atoms with E-state index in [1.165, 1.54) is 31.4 Å². The molecule has 0 spiro atoms. The van der Waals surface area contributed by atoms with Crippen LogP contribution in [0.4, 0.5) is 0 Å². The van der Waals surface area contributed by atoms with Gasteiger partial charge < -0.3 is 19.3 Å². The molecule has 0 heterocycles. The third kappa shape index (κ3) is 11.3. The van der Waals surface area contributed by atoms with Crippen LogP contribution in [0, 0.1) is 0 Å². The predicted octanol–water partition coefficient (Wildman–Crippen LogP) is 9.62. The Kier molecular flexibility index (Phi) is 15.8. The molecule has 376 valence electrons. The van der Waals surface area contributed by atoms with Crippen LogP contribution in [0.15, 0.2) is 168 Å². The highest BCUT2D eigenvalue weighted by Gasteiger charge is 2.70. The zero-order chi connectivity index (χ0) is 52.2. The summed E-state index contributed by atoms with van der Waals surface area (Å²) in [6.45, 7) is 3.56. The normalized spacial score (nSPS) is 19.3. The minimum Gasteiger partial charge on any atom is -0.480 e. The van der Waals surface area contributed by atoms with Crippen molar-refractivity contribution in [2.45, 2.75) is 71.9 Å². The van der Waals surface area contributed by atoms with Crippen molar-refractivity contribution in [1.29, 1.82) is 0 Å². The smallest absolute Gasteiger partial charge is 0.328 e. The minimum atomic E-state index is -4.36. The van der Waals surface area contributed by atoms with E-state index in [1.807, 2.05) is 54.6 Å². The highest BCUT2D eigenvalue weighted by Crippen LogP contribution is 2.59. The van der Waals surface area contributed by atoms with Gasteiger partial charge in [0, 0.05) is 21.9 Å². The lowest BCUT2D eigenvalue weighted by atomic mass is 10.1. The summed E-state index contributed by atoms with van der Waals surface area (Å²) in [6, 6.07) is 44.6. The van der Waals surface area contributed by atoms with E-state index in [0.29, 0.717) is 10.0 Å². The fourth-order valence-corrected chi connectivity index (χ4v) is 12.6. The molecule has 2 aliphatic carbocycles. The van der Waals surface area contributed by atoms with Crippen LogP contribution in [0.3, 0.4) is 0 Å². The van der Waals surface area contributed by atoms with Gasteiger partial charge in [-0.25, -0.2) is 26.4 Å². The predicted molar refractivity (Wildman–Crippen MR) is 272 cm³/mol. The standard InChI is InChI=1S/C29H30ClNO6S.C25H22ClNO6S/c1-28(2,3)37-26(32)19-31(29(27(33)36-4)18-25(29)22-8-6-5-7-9-22)38(34,35)24-16-12-21(13-17-24)20-10-14-23(30)15-11-20;1-33-24(30)25(15-22(25)19-5-3-2-4-6-19)27(16-23(28)29)34(31,32)21-13-9-18(10-14-21)17-7-11-20(26)12-8-17/h5-17,25H,18-19H2,1-4H3;2-14,22H,15-16H2,1H3,(H,28,29). The zero-order valence-electron chi connectivity index (χ0n) is 39.9. The van der Waals surface area contributed by atoms with Gasteiger partial charge in [-0.05, 0) is 116 Å². The molecule has 18 heteroatoms. The molecule has 0 aliphatic heterocycles. The van der Waals surface area contributed by atoms with Crippen molar-refractivity contribution in [2.75, 3.05) is 27.3 Å². The molecule has 6 aromatic carbocycles. The van der Waals surface area contributed by atoms with Crippen LogP contribution >= 0.6 is 23.2 Å². The van der Waals surface area contributed by atoms with Crippen LogP contribution in [-0.2, 0) is 53.4 Å². The topological polar surface area (TPSA) is 191 Å². The summed E-state index contributed by atoms with van der Waals surface area (Å²) in [4.78, 5) is 50.6. The van der Waals surface area contributed by atoms with Crippen molar-refractivity contribution in [3.05, 3.63) is 179 Å². The summed E-state index contributed by atoms with van der Waals surface area (Å²) in [5, 5.41) is 10.7. The van der Waals surface area contributed by atoms with Crippen molar-refractivity contribution in [3.8, 4) is 22.3 Å². The van der Waals surface area contributed by atoms with Gasteiger partial charge >= 0.3 is 23.9 Å². The second-order valence-corrected chi connectivity index (χ2v) is 22.8. The van der Waals surface area contributed by atoms with Crippen LogP contribution in [0.2, 0.25) is 10.0 Å². The molecule has 4 unspecified atom stereocenters. The number of carboxylic acid groups (broad SMARTS) is 1. The molecule has 8 rings (SSSR count). The second kappa shape index (κ2) is 21.4. The number of esters is 3. The van der Waals surface area contributed by atoms with Crippen molar-refractivity contribution in [3.63, 3.8) is 0 Å². The number of hydrogen-bond acceptors (Lipinski definition) is 11. The van der Waals surface area contributed by atoms with Crippen molar-refractivity contribution >= 4 is 67.1 Å². The number of aliphatic carboxylic acids is 1. The maximum absolute atomic E-state index is 14.1. The number of nitrogens with zero attached hydrogens (tertiary/aromatic N) is 2. The average Bonchev–Trinajstić information content (AvgIpc) is 4.30. The zero-order valence-corrected chi connectivity index (χ0v) is 43.0. The summed E-state index contributed by atoms with van der Waals surface area (Å²) in [7, 11) is -6.32. The molecular weight excluding hydrogens is 1000 g/mol. The Morgan fingerprint density at radius 1 is 0.542 bits per heavy atom. The lowest BCUT2D eigenvalue weighted by Gasteiger charge is -2.31. The fraction of sp³-hybridized carbons (Fsp3) is 0.259. The molecule has 2 fully saturated rings. The first-order valence-electron chi connectivity index (χ1n) is 22.6. The monoisotopic (exact) mass is 1050 g/mol. The van der Waals surface area contributed by atoms with E-state index in [2.05, 4.69) is 0 Å². The van der Waals surface area contributed by atoms with Gasteiger partial charge in [0.2, 0.25) is 20.0 Å². The molecule has 0 amide bonds. The summed E-state index contributed by atoms with van der Waals surface area (Å²) in [5.74, 6) is -4.66. The number of carbonyl (C=O) groups is 4. The van der Waals surface area contributed by atoms with Crippen molar-refractivity contribution in [2.24, 2.45) is 0 Å². The lowest BCUT2D eigenvalue weighted by molar-refractivity contribution is -0.157. The average molecular weight is 1060 g/mol. The van der Waals surface area contributed by atoms with Crippen LogP contribution in [0.1, 0.15) is 56.6 Å². The Morgan fingerprint density at radius 3 is 1.17 bits per heavy atom. The van der Waals surface area contributed by atoms with Gasteiger partial charge in [0.15, 0.2) is 0 Å². The van der Waals surface area contributed by atoms with Gasteiger partial charge in [-0.3, -0.25) is 9.59 Å². The molecule has 0 radical (unpaired) electrons. The Labute approximate surface area is 429 Å². The van der Waals surface area contributed by atoms with Gasteiger partial charge in [-0.2, -0.15) is 8.61 Å². The number of carboxylic acids is 1. The quantitative estimate of drug-likeness (QED) is 0.0715. The summed E-state index contributed by atoms with van der Waals surface area (Å²) >= 11 is 11.9. The summed E-state index contributed by atoms with van der Waals surface area (Å²) in [6.07, 6.45) is 0.299. The Morgan fingerprint density at radius 2 is 0.861 bits per heavy atom. The molecular formula is C54H52Cl2N2O12S2. The maximum atomic E-state index is 14.1. The molecule has 0 aromatic heterocycles. The fourth-order valence-electron chi connectivity index (χ4n) is 8.89. The molecule has 72 heavy (non-hydrogen) atoms. The Balaban J connectivity index is 0.000000213. The molecule has 14 nitrogen and oxygen atoms in total. The van der Waals surface area contributed by atoms with E-state index in [0.717, 1.165) is 49.1 Å². The Hall–Kier alpha value is -6.40. The minimum absolute atomic E-state index is 0.0549. The summed E-state index contributed by atoms with van der Waals surface area (Å²) < 4.78 is 72.8. The number of carbonyl (C=O) groups excluding carboxylic acids is 3. The third-order valence-electron chi connectivity index (χ3n) is 12.4. The van der Waals surface area contributed by atoms with E-state index in [4.69, 9.17) is 37.4 Å². The van der Waals surface area contributed by atoms with Crippen LogP contribution in [-0.4, -0.2) is 98.4 Å². The third-order valence-corrected chi connectivity index (χ3v) is 16.8. The maximum Gasteiger partial charge on any atom is 0.328 e. The van der Waals surface area contributed by atoms with E-state index in [-0.39, 0.29) is 22.6 Å². The van der Waals surface area contributed by atoms with Crippen LogP contribution in [0.5, 0.6) is 0 Å². The first kappa shape index (κ1) is 53.4. The van der Waals surface area contributed by atoms with Gasteiger partial charge in [0.05, 0.1) is 24.0 Å². The molecule has 2 saturated carbocycles. The highest BCUT2D eigenvalue weighted by molar-refractivity contribution is 7.89. The van der Waals surface area contributed by atoms with E-state index in [1.54, 1.807) is 99.6 Å². The molecule has 4 atom stereocenters. The first-order valence-corrected chi connectivity index (χ1v) is 26.2. The number of benzene rings is 6. The first-order chi connectivity index (χ1) is 34.1. The van der Waals surface area contributed by atoms with E-state index in [9.17, 15) is 41.1 Å². The SMILES string of the molecule is COC(=O)C1(N(CC(=O)O)S(=O)(=O)c2ccc(-c3ccc(Cl)cc3)cc2)CC1c1ccccc1.COC(=O)C1(N(CC(=O)OC(C)(C)C)S(=O)(=O)c2ccc(-c3ccc(Cl)cc3)cc2)CC1c1ccccc1. The molecule has 2 aliphatic rings. The van der Waals surface area contributed by atoms with Gasteiger partial charge in [0.1, 0.15) is 29.8 Å². The highest BCUT2D eigenvalue weighted by atomic mass is 35.5. The number of methoxy groups -OCH3 is 2. The number of ether oxygens (including phenoxy) is 3. The van der Waals surface area contributed by atoms with Crippen molar-refractivity contribution < 1.29 is 55.3 Å². The summed E-state index contributed by atoms with van der Waals surface area (Å²) in [5.41, 5.74) is 0.704. The number of hydrogen-bond donors (Lipinski definition) is 1. The molecule has 1 N–H and O–H groups in total. The van der Waals surface area contributed by atoms with E-state index < -0.39 is 85.5 Å². The number of sulfonamides is 2. The van der Waals surface area contributed by atoms with E-state index >= 15 is 0 Å². The number of rotatable bonds is 16. The van der Waals surface area contributed by atoms with Gasteiger partial charge in [-0.15, -0.1) is 0 Å². The largest absolute Gasteiger partial charge is 0.480 e. The molecule has 0 bridgehead atoms. The van der Waals surface area contributed by atoms with Gasteiger partial charge in [-0.1, -0.05) is 132 Å². The van der Waals surface area contributed by atoms with Gasteiger partial charge in [0.25, 0.3) is 0 Å². The lowest BCUT2D eigenvalue weighted by Crippen LogP contribution is -2.51. The molecule has 6 aromatic rings. The molecule has 0 saturated heterocycles.